The fourth-order valence-electron chi connectivity index (χ4n) is 4.01. The number of hydrogen-bond acceptors (Lipinski definition) is 4. The average molecular weight is 481 g/mol. The van der Waals surface area contributed by atoms with Crippen LogP contribution >= 0.6 is 22.9 Å². The normalized spacial score (nSPS) is 14.9. The second kappa shape index (κ2) is 10.7. The zero-order valence-electron chi connectivity index (χ0n) is 18.2. The summed E-state index contributed by atoms with van der Waals surface area (Å²) in [5, 5.41) is 2.67. The minimum Gasteiger partial charge on any atom is -0.484 e. The molecule has 0 fully saturated rings. The Morgan fingerprint density at radius 3 is 2.64 bits per heavy atom. The van der Waals surface area contributed by atoms with Crippen molar-refractivity contribution in [1.82, 2.24) is 9.80 Å². The molecule has 2 heterocycles. The van der Waals surface area contributed by atoms with Crippen LogP contribution in [-0.4, -0.2) is 47.9 Å². The van der Waals surface area contributed by atoms with Gasteiger partial charge in [-0.2, -0.15) is 0 Å². The highest BCUT2D eigenvalue weighted by Gasteiger charge is 2.33. The zero-order valence-corrected chi connectivity index (χ0v) is 19.7. The molecule has 0 aliphatic carbocycles. The molecule has 0 saturated carbocycles. The number of fused-ring (bicyclic) bond motifs is 1. The molecule has 1 unspecified atom stereocenters. The molecule has 2 aromatic carbocycles. The summed E-state index contributed by atoms with van der Waals surface area (Å²) >= 11 is 7.62. The van der Waals surface area contributed by atoms with E-state index in [1.165, 1.54) is 15.3 Å². The first kappa shape index (κ1) is 23.1. The second-order valence-electron chi connectivity index (χ2n) is 7.76. The summed E-state index contributed by atoms with van der Waals surface area (Å²) in [7, 11) is 0. The van der Waals surface area contributed by atoms with Crippen molar-refractivity contribution >= 4 is 34.8 Å². The molecule has 1 atom stereocenters. The molecule has 7 heteroatoms. The maximum Gasteiger partial charge on any atom is 0.261 e. The van der Waals surface area contributed by atoms with Crippen LogP contribution in [-0.2, 0) is 16.0 Å². The van der Waals surface area contributed by atoms with Crippen molar-refractivity contribution in [3.05, 3.63) is 99.7 Å². The van der Waals surface area contributed by atoms with E-state index in [0.717, 1.165) is 12.0 Å². The Morgan fingerprint density at radius 1 is 1.15 bits per heavy atom. The van der Waals surface area contributed by atoms with Crippen molar-refractivity contribution in [3.8, 4) is 5.75 Å². The summed E-state index contributed by atoms with van der Waals surface area (Å²) in [5.41, 5.74) is 2.23. The van der Waals surface area contributed by atoms with Crippen LogP contribution in [0.2, 0.25) is 5.02 Å². The molecule has 0 spiro atoms. The number of rotatable bonds is 8. The van der Waals surface area contributed by atoms with Crippen LogP contribution in [0.1, 0.15) is 22.0 Å². The Hall–Kier alpha value is -3.09. The third-order valence-electron chi connectivity index (χ3n) is 5.61. The molecular formula is C26H25ClN2O3S. The lowest BCUT2D eigenvalue weighted by molar-refractivity contribution is -0.142. The molecule has 5 nitrogen and oxygen atoms in total. The van der Waals surface area contributed by atoms with Gasteiger partial charge in [0.15, 0.2) is 6.61 Å². The molecule has 170 valence electrons. The third kappa shape index (κ3) is 5.46. The van der Waals surface area contributed by atoms with E-state index in [9.17, 15) is 9.59 Å². The van der Waals surface area contributed by atoms with Gasteiger partial charge >= 0.3 is 0 Å². The van der Waals surface area contributed by atoms with Gasteiger partial charge < -0.3 is 14.5 Å². The van der Waals surface area contributed by atoms with Gasteiger partial charge in [0.2, 0.25) is 5.91 Å². The number of nitrogens with zero attached hydrogens (tertiary/aromatic N) is 2. The van der Waals surface area contributed by atoms with Gasteiger partial charge in [-0.25, -0.2) is 0 Å². The van der Waals surface area contributed by atoms with E-state index in [2.05, 4.69) is 18.0 Å². The minimum atomic E-state index is -0.275. The molecule has 1 aliphatic heterocycles. The monoisotopic (exact) mass is 480 g/mol. The molecule has 0 radical (unpaired) electrons. The Bertz CT molecular complexity index is 1110. The summed E-state index contributed by atoms with van der Waals surface area (Å²) in [6.45, 7) is 4.43. The number of halogens is 1. The summed E-state index contributed by atoms with van der Waals surface area (Å²) in [5.74, 6) is 0.174. The largest absolute Gasteiger partial charge is 0.484 e. The fourth-order valence-corrected chi connectivity index (χ4v) is 5.04. The van der Waals surface area contributed by atoms with E-state index in [1.54, 1.807) is 41.7 Å². The molecule has 3 aromatic rings. The van der Waals surface area contributed by atoms with Crippen molar-refractivity contribution in [2.75, 3.05) is 26.2 Å². The van der Waals surface area contributed by atoms with Crippen molar-refractivity contribution in [1.29, 1.82) is 0 Å². The van der Waals surface area contributed by atoms with Crippen molar-refractivity contribution in [2.45, 2.75) is 12.5 Å². The zero-order chi connectivity index (χ0) is 23.2. The van der Waals surface area contributed by atoms with E-state index < -0.39 is 0 Å². The third-order valence-corrected chi connectivity index (χ3v) is 6.85. The SMILES string of the molecule is C=CCN(CC(=O)N1CCc2sccc2C1c1ccccc1)C(=O)COc1ccc(Cl)cc1. The molecule has 4 rings (SSSR count). The molecule has 0 bridgehead atoms. The Morgan fingerprint density at radius 2 is 1.91 bits per heavy atom. The number of benzene rings is 2. The first-order valence-electron chi connectivity index (χ1n) is 10.7. The number of amides is 2. The van der Waals surface area contributed by atoms with E-state index in [0.29, 0.717) is 17.3 Å². The van der Waals surface area contributed by atoms with Gasteiger partial charge in [-0.15, -0.1) is 17.9 Å². The molecule has 1 aliphatic rings. The smallest absolute Gasteiger partial charge is 0.261 e. The molecule has 33 heavy (non-hydrogen) atoms. The van der Waals surface area contributed by atoms with E-state index in [4.69, 9.17) is 16.3 Å². The predicted octanol–water partition coefficient (Wildman–Crippen LogP) is 4.97. The lowest BCUT2D eigenvalue weighted by Gasteiger charge is -2.37. The summed E-state index contributed by atoms with van der Waals surface area (Å²) in [6.07, 6.45) is 2.44. The topological polar surface area (TPSA) is 49.9 Å². The number of thiophene rings is 1. The van der Waals surface area contributed by atoms with Gasteiger partial charge in [0, 0.05) is 23.0 Å². The molecule has 1 aromatic heterocycles. The maximum absolute atomic E-state index is 13.5. The van der Waals surface area contributed by atoms with Gasteiger partial charge in [-0.1, -0.05) is 48.0 Å². The first-order valence-corrected chi connectivity index (χ1v) is 12.0. The van der Waals surface area contributed by atoms with Crippen LogP contribution in [0.4, 0.5) is 0 Å². The van der Waals surface area contributed by atoms with Crippen molar-refractivity contribution < 1.29 is 14.3 Å². The lowest BCUT2D eigenvalue weighted by Crippen LogP contribution is -2.47. The highest BCUT2D eigenvalue weighted by atomic mass is 35.5. The number of ether oxygens (including phenoxy) is 1. The highest BCUT2D eigenvalue weighted by Crippen LogP contribution is 2.37. The summed E-state index contributed by atoms with van der Waals surface area (Å²) < 4.78 is 5.60. The van der Waals surface area contributed by atoms with Crippen molar-refractivity contribution in [3.63, 3.8) is 0 Å². The number of carbonyl (C=O) groups is 2. The predicted molar refractivity (Wildman–Crippen MR) is 132 cm³/mol. The van der Waals surface area contributed by atoms with Crippen LogP contribution in [0.5, 0.6) is 5.75 Å². The summed E-state index contributed by atoms with van der Waals surface area (Å²) in [6, 6.07) is 18.8. The van der Waals surface area contributed by atoms with E-state index in [-0.39, 0.29) is 37.6 Å². The quantitative estimate of drug-likeness (QED) is 0.428. The van der Waals surface area contributed by atoms with Gasteiger partial charge in [0.05, 0.1) is 6.04 Å². The highest BCUT2D eigenvalue weighted by molar-refractivity contribution is 7.10. The van der Waals surface area contributed by atoms with Crippen LogP contribution in [0.25, 0.3) is 0 Å². The second-order valence-corrected chi connectivity index (χ2v) is 9.19. The van der Waals surface area contributed by atoms with Gasteiger partial charge in [0.25, 0.3) is 5.91 Å². The summed E-state index contributed by atoms with van der Waals surface area (Å²) in [4.78, 5) is 31.0. The van der Waals surface area contributed by atoms with Gasteiger partial charge in [-0.3, -0.25) is 9.59 Å². The molecule has 0 saturated heterocycles. The Kier molecular flexibility index (Phi) is 7.47. The minimum absolute atomic E-state index is 0.0301. The van der Waals surface area contributed by atoms with Crippen LogP contribution < -0.4 is 4.74 Å². The Labute approximate surface area is 202 Å². The van der Waals surface area contributed by atoms with Gasteiger partial charge in [-0.05, 0) is 53.3 Å². The fraction of sp³-hybridized carbons (Fsp3) is 0.231. The van der Waals surface area contributed by atoms with Crippen LogP contribution in [0.15, 0.2) is 78.7 Å². The Balaban J connectivity index is 1.48. The number of carbonyl (C=O) groups excluding carboxylic acids is 2. The molecular weight excluding hydrogens is 456 g/mol. The standard InChI is InChI=1S/C26H25ClN2O3S/c1-2-14-28(25(31)18-32-21-10-8-20(27)9-11-21)17-24(30)29-15-12-23-22(13-16-33-23)26(29)19-6-4-3-5-7-19/h2-11,13,16,26H,1,12,14-15,17-18H2. The van der Waals surface area contributed by atoms with Crippen molar-refractivity contribution in [2.24, 2.45) is 0 Å². The van der Waals surface area contributed by atoms with Gasteiger partial charge in [0.1, 0.15) is 12.3 Å². The maximum atomic E-state index is 13.5. The first-order chi connectivity index (χ1) is 16.1. The number of hydrogen-bond donors (Lipinski definition) is 0. The van der Waals surface area contributed by atoms with Crippen LogP contribution in [0.3, 0.4) is 0 Å². The lowest BCUT2D eigenvalue weighted by atomic mass is 9.93. The molecule has 0 N–H and O–H groups in total. The average Bonchev–Trinajstić information content (AvgIpc) is 3.32. The van der Waals surface area contributed by atoms with E-state index >= 15 is 0 Å². The van der Waals surface area contributed by atoms with E-state index in [1.807, 2.05) is 35.2 Å². The molecule has 2 amide bonds. The van der Waals surface area contributed by atoms with Crippen LogP contribution in [0, 0.1) is 0 Å².